The van der Waals surface area contributed by atoms with Gasteiger partial charge in [0.2, 0.25) is 5.91 Å². The van der Waals surface area contributed by atoms with Crippen molar-refractivity contribution in [1.29, 1.82) is 0 Å². The van der Waals surface area contributed by atoms with Crippen molar-refractivity contribution in [3.8, 4) is 0 Å². The number of nitrogens with zero attached hydrogens (tertiary/aromatic N) is 1. The SMILES string of the molecule is O=C(CN1CCC[C@H](O)C1)Nc1cccc(Br)c1. The van der Waals surface area contributed by atoms with Crippen molar-refractivity contribution in [3.63, 3.8) is 0 Å². The Hall–Kier alpha value is -0.910. The quantitative estimate of drug-likeness (QED) is 0.895. The van der Waals surface area contributed by atoms with Crippen LogP contribution in [0.2, 0.25) is 0 Å². The second-order valence-corrected chi connectivity index (χ2v) is 5.51. The highest BCUT2D eigenvalue weighted by Gasteiger charge is 2.19. The molecule has 2 rings (SSSR count). The summed E-state index contributed by atoms with van der Waals surface area (Å²) in [6.07, 6.45) is 1.49. The van der Waals surface area contributed by atoms with Gasteiger partial charge in [0, 0.05) is 16.7 Å². The second kappa shape index (κ2) is 6.31. The topological polar surface area (TPSA) is 52.6 Å². The summed E-state index contributed by atoms with van der Waals surface area (Å²) in [5, 5.41) is 12.4. The van der Waals surface area contributed by atoms with Gasteiger partial charge in [0.1, 0.15) is 0 Å². The Labute approximate surface area is 115 Å². The Morgan fingerprint density at radius 2 is 2.39 bits per heavy atom. The summed E-state index contributed by atoms with van der Waals surface area (Å²) in [5.74, 6) is -0.0396. The maximum Gasteiger partial charge on any atom is 0.238 e. The molecule has 1 aliphatic rings. The third kappa shape index (κ3) is 4.08. The van der Waals surface area contributed by atoms with E-state index in [1.54, 1.807) is 0 Å². The summed E-state index contributed by atoms with van der Waals surface area (Å²) in [4.78, 5) is 13.8. The Bertz CT molecular complexity index is 425. The van der Waals surface area contributed by atoms with E-state index < -0.39 is 0 Å². The number of likely N-dealkylation sites (tertiary alicyclic amines) is 1. The summed E-state index contributed by atoms with van der Waals surface area (Å²) in [5.41, 5.74) is 0.784. The van der Waals surface area contributed by atoms with E-state index in [-0.39, 0.29) is 12.0 Å². The van der Waals surface area contributed by atoms with Crippen LogP contribution in [0.5, 0.6) is 0 Å². The molecule has 0 unspecified atom stereocenters. The average Bonchev–Trinajstić information content (AvgIpc) is 2.28. The van der Waals surface area contributed by atoms with E-state index in [0.29, 0.717) is 13.1 Å². The molecule has 2 N–H and O–H groups in total. The van der Waals surface area contributed by atoms with Crippen molar-refractivity contribution < 1.29 is 9.90 Å². The number of anilines is 1. The van der Waals surface area contributed by atoms with Crippen LogP contribution in [-0.4, -0.2) is 41.7 Å². The minimum atomic E-state index is -0.294. The zero-order valence-corrected chi connectivity index (χ0v) is 11.7. The Kier molecular flexibility index (Phi) is 4.74. The molecule has 0 aromatic heterocycles. The molecule has 0 bridgehead atoms. The van der Waals surface area contributed by atoms with Gasteiger partial charge in [-0.2, -0.15) is 0 Å². The molecule has 1 aliphatic heterocycles. The number of aliphatic hydroxyl groups is 1. The highest BCUT2D eigenvalue weighted by atomic mass is 79.9. The number of rotatable bonds is 3. The van der Waals surface area contributed by atoms with Gasteiger partial charge in [-0.3, -0.25) is 9.69 Å². The molecule has 18 heavy (non-hydrogen) atoms. The van der Waals surface area contributed by atoms with Crippen molar-refractivity contribution in [2.75, 3.05) is 25.0 Å². The fourth-order valence-electron chi connectivity index (χ4n) is 2.14. The van der Waals surface area contributed by atoms with Gasteiger partial charge in [-0.1, -0.05) is 22.0 Å². The molecular formula is C13H17BrN2O2. The van der Waals surface area contributed by atoms with E-state index >= 15 is 0 Å². The summed E-state index contributed by atoms with van der Waals surface area (Å²) in [6, 6.07) is 7.51. The number of hydrogen-bond acceptors (Lipinski definition) is 3. The monoisotopic (exact) mass is 312 g/mol. The maximum atomic E-state index is 11.8. The van der Waals surface area contributed by atoms with Gasteiger partial charge < -0.3 is 10.4 Å². The summed E-state index contributed by atoms with van der Waals surface area (Å²) in [6.45, 7) is 1.80. The number of hydrogen-bond donors (Lipinski definition) is 2. The first-order valence-electron chi connectivity index (χ1n) is 6.09. The van der Waals surface area contributed by atoms with Crippen LogP contribution in [0, 0.1) is 0 Å². The van der Waals surface area contributed by atoms with Gasteiger partial charge in [-0.05, 0) is 37.6 Å². The third-order valence-electron chi connectivity index (χ3n) is 2.96. The lowest BCUT2D eigenvalue weighted by Crippen LogP contribution is -2.42. The lowest BCUT2D eigenvalue weighted by atomic mass is 10.1. The molecule has 98 valence electrons. The first kappa shape index (κ1) is 13.5. The Balaban J connectivity index is 1.85. The molecule has 1 aromatic rings. The first-order valence-corrected chi connectivity index (χ1v) is 6.88. The fraction of sp³-hybridized carbons (Fsp3) is 0.462. The van der Waals surface area contributed by atoms with E-state index in [1.807, 2.05) is 29.2 Å². The van der Waals surface area contributed by atoms with Gasteiger partial charge in [0.15, 0.2) is 0 Å². The number of aliphatic hydroxyl groups excluding tert-OH is 1. The molecule has 1 heterocycles. The van der Waals surface area contributed by atoms with E-state index in [2.05, 4.69) is 21.2 Å². The summed E-state index contributed by atoms with van der Waals surface area (Å²) in [7, 11) is 0. The minimum Gasteiger partial charge on any atom is -0.392 e. The predicted molar refractivity (Wildman–Crippen MR) is 74.5 cm³/mol. The van der Waals surface area contributed by atoms with Crippen LogP contribution in [0.1, 0.15) is 12.8 Å². The molecule has 0 spiro atoms. The lowest BCUT2D eigenvalue weighted by molar-refractivity contribution is -0.118. The van der Waals surface area contributed by atoms with Gasteiger partial charge in [-0.25, -0.2) is 0 Å². The molecule has 5 heteroatoms. The summed E-state index contributed by atoms with van der Waals surface area (Å²) >= 11 is 3.36. The van der Waals surface area contributed by atoms with Gasteiger partial charge in [-0.15, -0.1) is 0 Å². The molecule has 1 atom stereocenters. The van der Waals surface area contributed by atoms with E-state index in [4.69, 9.17) is 0 Å². The van der Waals surface area contributed by atoms with Gasteiger partial charge >= 0.3 is 0 Å². The number of halogens is 1. The number of carbonyl (C=O) groups is 1. The predicted octanol–water partition coefficient (Wildman–Crippen LogP) is 1.84. The van der Waals surface area contributed by atoms with E-state index in [0.717, 1.165) is 29.5 Å². The number of piperidine rings is 1. The zero-order valence-electron chi connectivity index (χ0n) is 10.1. The van der Waals surface area contributed by atoms with Crippen LogP contribution in [0.15, 0.2) is 28.7 Å². The van der Waals surface area contributed by atoms with E-state index in [1.165, 1.54) is 0 Å². The van der Waals surface area contributed by atoms with Crippen LogP contribution < -0.4 is 5.32 Å². The Morgan fingerprint density at radius 1 is 1.56 bits per heavy atom. The van der Waals surface area contributed by atoms with Gasteiger partial charge in [0.05, 0.1) is 12.6 Å². The molecule has 1 saturated heterocycles. The van der Waals surface area contributed by atoms with Crippen molar-refractivity contribution in [1.82, 2.24) is 4.90 Å². The number of β-amino-alcohol motifs (C(OH)–C–C–N with tert-alkyl or cyclic N) is 1. The number of carbonyl (C=O) groups excluding carboxylic acids is 1. The molecule has 1 fully saturated rings. The highest BCUT2D eigenvalue weighted by Crippen LogP contribution is 2.16. The largest absolute Gasteiger partial charge is 0.392 e. The molecule has 4 nitrogen and oxygen atoms in total. The maximum absolute atomic E-state index is 11.8. The van der Waals surface area contributed by atoms with Crippen LogP contribution >= 0.6 is 15.9 Å². The van der Waals surface area contributed by atoms with Crippen molar-refractivity contribution >= 4 is 27.5 Å². The van der Waals surface area contributed by atoms with Crippen LogP contribution in [0.25, 0.3) is 0 Å². The van der Waals surface area contributed by atoms with Crippen LogP contribution in [0.3, 0.4) is 0 Å². The summed E-state index contributed by atoms with van der Waals surface area (Å²) < 4.78 is 0.939. The Morgan fingerprint density at radius 3 is 3.11 bits per heavy atom. The number of benzene rings is 1. The van der Waals surface area contributed by atoms with Crippen molar-refractivity contribution in [2.45, 2.75) is 18.9 Å². The standard InChI is InChI=1S/C13H17BrN2O2/c14-10-3-1-4-11(7-10)15-13(18)9-16-6-2-5-12(17)8-16/h1,3-4,7,12,17H,2,5-6,8-9H2,(H,15,18)/t12-/m0/s1. The molecular weight excluding hydrogens is 296 g/mol. The smallest absolute Gasteiger partial charge is 0.238 e. The van der Waals surface area contributed by atoms with Crippen molar-refractivity contribution in [3.05, 3.63) is 28.7 Å². The molecule has 0 aliphatic carbocycles. The van der Waals surface area contributed by atoms with Crippen LogP contribution in [0.4, 0.5) is 5.69 Å². The first-order chi connectivity index (χ1) is 8.63. The zero-order chi connectivity index (χ0) is 13.0. The van der Waals surface area contributed by atoms with Crippen LogP contribution in [-0.2, 0) is 4.79 Å². The second-order valence-electron chi connectivity index (χ2n) is 4.59. The minimum absolute atomic E-state index is 0.0396. The molecule has 1 amide bonds. The fourth-order valence-corrected chi connectivity index (χ4v) is 2.54. The molecule has 0 radical (unpaired) electrons. The van der Waals surface area contributed by atoms with Gasteiger partial charge in [0.25, 0.3) is 0 Å². The van der Waals surface area contributed by atoms with E-state index in [9.17, 15) is 9.90 Å². The normalized spacial score (nSPS) is 20.7. The molecule has 1 aromatic carbocycles. The number of amides is 1. The average molecular weight is 313 g/mol. The van der Waals surface area contributed by atoms with Crippen molar-refractivity contribution in [2.24, 2.45) is 0 Å². The molecule has 0 saturated carbocycles. The lowest BCUT2D eigenvalue weighted by Gasteiger charge is -2.29. The highest BCUT2D eigenvalue weighted by molar-refractivity contribution is 9.10. The third-order valence-corrected chi connectivity index (χ3v) is 3.45. The number of nitrogens with one attached hydrogen (secondary N) is 1.